The molecule has 0 unspecified atom stereocenters. The van der Waals surface area contributed by atoms with Gasteiger partial charge in [-0.1, -0.05) is 13.8 Å². The average Bonchev–Trinajstić information content (AvgIpc) is 2.67. The number of hydrogen-bond acceptors (Lipinski definition) is 5. The second kappa shape index (κ2) is 4.57. The van der Waals surface area contributed by atoms with Crippen LogP contribution in [0.2, 0.25) is 0 Å². The van der Waals surface area contributed by atoms with Gasteiger partial charge in [-0.2, -0.15) is 9.97 Å². The SMILES string of the molecule is COc1nc(OCC(C)C)nc2ncn(C)c12. The first-order valence-electron chi connectivity index (χ1n) is 5.47. The number of nitrogens with zero attached hydrogens (tertiary/aromatic N) is 4. The Morgan fingerprint density at radius 2 is 2.12 bits per heavy atom. The highest BCUT2D eigenvalue weighted by atomic mass is 16.5. The molecule has 0 radical (unpaired) electrons. The Kier molecular flexibility index (Phi) is 3.12. The molecule has 0 fully saturated rings. The molecule has 2 aromatic rings. The molecule has 6 nitrogen and oxygen atoms in total. The van der Waals surface area contributed by atoms with E-state index in [-0.39, 0.29) is 0 Å². The van der Waals surface area contributed by atoms with Crippen LogP contribution in [0.5, 0.6) is 11.9 Å². The molecule has 92 valence electrons. The summed E-state index contributed by atoms with van der Waals surface area (Å²) in [5.41, 5.74) is 1.35. The summed E-state index contributed by atoms with van der Waals surface area (Å²) >= 11 is 0. The maximum atomic E-state index is 5.48. The Hall–Kier alpha value is -1.85. The van der Waals surface area contributed by atoms with E-state index in [1.807, 2.05) is 11.6 Å². The molecule has 0 atom stereocenters. The van der Waals surface area contributed by atoms with E-state index < -0.39 is 0 Å². The molecule has 0 aliphatic rings. The fraction of sp³-hybridized carbons (Fsp3) is 0.545. The Balaban J connectivity index is 2.39. The van der Waals surface area contributed by atoms with Gasteiger partial charge in [-0.3, -0.25) is 0 Å². The normalized spacial score (nSPS) is 11.1. The van der Waals surface area contributed by atoms with Crippen molar-refractivity contribution in [3.63, 3.8) is 0 Å². The predicted molar refractivity (Wildman–Crippen MR) is 63.2 cm³/mol. The molecule has 0 aliphatic heterocycles. The second-order valence-electron chi connectivity index (χ2n) is 4.25. The fourth-order valence-corrected chi connectivity index (χ4v) is 1.45. The van der Waals surface area contributed by atoms with Crippen LogP contribution in [0.1, 0.15) is 13.8 Å². The number of aryl methyl sites for hydroxylation is 1. The van der Waals surface area contributed by atoms with E-state index >= 15 is 0 Å². The third-order valence-corrected chi connectivity index (χ3v) is 2.26. The van der Waals surface area contributed by atoms with E-state index in [0.717, 1.165) is 5.52 Å². The maximum absolute atomic E-state index is 5.48. The summed E-state index contributed by atoms with van der Waals surface area (Å²) in [5, 5.41) is 0. The van der Waals surface area contributed by atoms with Crippen LogP contribution in [0, 0.1) is 5.92 Å². The highest BCUT2D eigenvalue weighted by Gasteiger charge is 2.13. The zero-order valence-electron chi connectivity index (χ0n) is 10.5. The Morgan fingerprint density at radius 3 is 2.76 bits per heavy atom. The lowest BCUT2D eigenvalue weighted by molar-refractivity contribution is 0.248. The number of rotatable bonds is 4. The lowest BCUT2D eigenvalue weighted by Crippen LogP contribution is -2.08. The summed E-state index contributed by atoms with van der Waals surface area (Å²) in [7, 11) is 3.44. The maximum Gasteiger partial charge on any atom is 0.321 e. The van der Waals surface area contributed by atoms with E-state index in [9.17, 15) is 0 Å². The van der Waals surface area contributed by atoms with Gasteiger partial charge in [0.2, 0.25) is 5.88 Å². The predicted octanol–water partition coefficient (Wildman–Crippen LogP) is 1.41. The van der Waals surface area contributed by atoms with Crippen molar-refractivity contribution in [3.8, 4) is 11.9 Å². The highest BCUT2D eigenvalue weighted by molar-refractivity contribution is 5.76. The number of methoxy groups -OCH3 is 1. The van der Waals surface area contributed by atoms with Crippen molar-refractivity contribution < 1.29 is 9.47 Å². The van der Waals surface area contributed by atoms with Gasteiger partial charge in [-0.25, -0.2) is 4.98 Å². The molecular formula is C11H16N4O2. The Labute approximate surface area is 99.6 Å². The summed E-state index contributed by atoms with van der Waals surface area (Å²) in [6, 6.07) is 0.307. The van der Waals surface area contributed by atoms with Crippen LogP contribution in [-0.4, -0.2) is 33.2 Å². The summed E-state index contributed by atoms with van der Waals surface area (Å²) in [6.45, 7) is 4.70. The molecule has 6 heteroatoms. The van der Waals surface area contributed by atoms with Gasteiger partial charge in [0.05, 0.1) is 20.0 Å². The van der Waals surface area contributed by atoms with Crippen LogP contribution in [-0.2, 0) is 7.05 Å². The van der Waals surface area contributed by atoms with Crippen LogP contribution in [0.3, 0.4) is 0 Å². The van der Waals surface area contributed by atoms with Gasteiger partial charge in [0.15, 0.2) is 11.2 Å². The van der Waals surface area contributed by atoms with E-state index in [1.54, 1.807) is 13.4 Å². The van der Waals surface area contributed by atoms with Crippen molar-refractivity contribution >= 4 is 11.2 Å². The molecular weight excluding hydrogens is 220 g/mol. The molecule has 0 bridgehead atoms. The monoisotopic (exact) mass is 236 g/mol. The quantitative estimate of drug-likeness (QED) is 0.803. The van der Waals surface area contributed by atoms with Gasteiger partial charge in [0.1, 0.15) is 0 Å². The molecule has 2 heterocycles. The first-order valence-corrected chi connectivity index (χ1v) is 5.47. The van der Waals surface area contributed by atoms with Crippen molar-refractivity contribution in [2.24, 2.45) is 13.0 Å². The third-order valence-electron chi connectivity index (χ3n) is 2.26. The number of imidazole rings is 1. The van der Waals surface area contributed by atoms with E-state index in [4.69, 9.17) is 9.47 Å². The van der Waals surface area contributed by atoms with E-state index in [2.05, 4.69) is 28.8 Å². The summed E-state index contributed by atoms with van der Waals surface area (Å²) < 4.78 is 12.5. The molecule has 2 aromatic heterocycles. The second-order valence-corrected chi connectivity index (χ2v) is 4.25. The van der Waals surface area contributed by atoms with Crippen LogP contribution in [0.15, 0.2) is 6.33 Å². The van der Waals surface area contributed by atoms with Gasteiger partial charge in [-0.05, 0) is 5.92 Å². The van der Waals surface area contributed by atoms with Crippen molar-refractivity contribution in [1.82, 2.24) is 19.5 Å². The zero-order chi connectivity index (χ0) is 12.4. The molecule has 0 saturated heterocycles. The lowest BCUT2D eigenvalue weighted by atomic mass is 10.2. The lowest BCUT2D eigenvalue weighted by Gasteiger charge is -2.08. The summed E-state index contributed by atoms with van der Waals surface area (Å²) in [5.74, 6) is 0.901. The smallest absolute Gasteiger partial charge is 0.321 e. The number of ether oxygens (including phenoxy) is 2. The summed E-state index contributed by atoms with van der Waals surface area (Å²) in [6.07, 6.45) is 1.67. The third kappa shape index (κ3) is 2.30. The standard InChI is InChI=1S/C11H16N4O2/c1-7(2)5-17-11-13-9-8(10(14-11)16-4)15(3)6-12-9/h6-7H,5H2,1-4H3. The van der Waals surface area contributed by atoms with Crippen molar-refractivity contribution in [1.29, 1.82) is 0 Å². The van der Waals surface area contributed by atoms with Gasteiger partial charge in [0.25, 0.3) is 0 Å². The number of aromatic nitrogens is 4. The van der Waals surface area contributed by atoms with Crippen molar-refractivity contribution in [3.05, 3.63) is 6.33 Å². The molecule has 0 spiro atoms. The Morgan fingerprint density at radius 1 is 1.35 bits per heavy atom. The minimum absolute atomic E-state index is 0.307. The minimum Gasteiger partial charge on any atom is -0.479 e. The van der Waals surface area contributed by atoms with Crippen molar-refractivity contribution in [2.75, 3.05) is 13.7 Å². The first kappa shape index (κ1) is 11.6. The van der Waals surface area contributed by atoms with Gasteiger partial charge in [0, 0.05) is 7.05 Å². The number of fused-ring (bicyclic) bond motifs is 1. The van der Waals surface area contributed by atoms with Gasteiger partial charge < -0.3 is 14.0 Å². The minimum atomic E-state index is 0.307. The Bertz CT molecular complexity index is 521. The molecule has 0 N–H and O–H groups in total. The molecule has 0 amide bonds. The first-order chi connectivity index (χ1) is 8.11. The van der Waals surface area contributed by atoms with Crippen LogP contribution >= 0.6 is 0 Å². The zero-order valence-corrected chi connectivity index (χ0v) is 10.5. The van der Waals surface area contributed by atoms with Gasteiger partial charge in [-0.15, -0.1) is 0 Å². The number of hydrogen-bond donors (Lipinski definition) is 0. The molecule has 17 heavy (non-hydrogen) atoms. The molecule has 0 saturated carbocycles. The molecule has 2 rings (SSSR count). The van der Waals surface area contributed by atoms with Crippen LogP contribution < -0.4 is 9.47 Å². The molecule has 0 aliphatic carbocycles. The highest BCUT2D eigenvalue weighted by Crippen LogP contribution is 2.23. The van der Waals surface area contributed by atoms with E-state index in [0.29, 0.717) is 30.1 Å². The van der Waals surface area contributed by atoms with E-state index in [1.165, 1.54) is 0 Å². The topological polar surface area (TPSA) is 62.1 Å². The fourth-order valence-electron chi connectivity index (χ4n) is 1.45. The molecule has 0 aromatic carbocycles. The van der Waals surface area contributed by atoms with Crippen LogP contribution in [0.25, 0.3) is 11.2 Å². The van der Waals surface area contributed by atoms with Gasteiger partial charge >= 0.3 is 6.01 Å². The van der Waals surface area contributed by atoms with Crippen molar-refractivity contribution in [2.45, 2.75) is 13.8 Å². The largest absolute Gasteiger partial charge is 0.479 e. The summed E-state index contributed by atoms with van der Waals surface area (Å²) in [4.78, 5) is 12.6. The average molecular weight is 236 g/mol. The van der Waals surface area contributed by atoms with Crippen LogP contribution in [0.4, 0.5) is 0 Å².